The lowest BCUT2D eigenvalue weighted by Gasteiger charge is -2.14. The van der Waals surface area contributed by atoms with E-state index < -0.39 is 6.01 Å². The predicted molar refractivity (Wildman–Crippen MR) is 125 cm³/mol. The Labute approximate surface area is 196 Å². The molecule has 0 spiro atoms. The predicted octanol–water partition coefficient (Wildman–Crippen LogP) is 4.79. The first-order chi connectivity index (χ1) is 16.5. The zero-order valence-corrected chi connectivity index (χ0v) is 19.0. The third-order valence-corrected chi connectivity index (χ3v) is 5.29. The Morgan fingerprint density at radius 2 is 2.00 bits per heavy atom. The van der Waals surface area contributed by atoms with Crippen LogP contribution in [-0.4, -0.2) is 24.7 Å². The summed E-state index contributed by atoms with van der Waals surface area (Å²) in [6.45, 7) is 2.52. The number of nitrogens with two attached hydrogens (primary N) is 1. The number of carbonyl (C=O) groups excluding carboxylic acids is 1. The van der Waals surface area contributed by atoms with Crippen LogP contribution in [0.2, 0.25) is 0 Å². The van der Waals surface area contributed by atoms with Crippen molar-refractivity contribution in [1.29, 1.82) is 0 Å². The van der Waals surface area contributed by atoms with Crippen LogP contribution in [0.1, 0.15) is 23.7 Å². The molecule has 2 aromatic carbocycles. The lowest BCUT2D eigenvalue weighted by molar-refractivity contribution is -0.142. The van der Waals surface area contributed by atoms with Gasteiger partial charge in [-0.25, -0.2) is 0 Å². The number of carbonyl (C=O) groups is 1. The Balaban J connectivity index is 1.67. The minimum Gasteiger partial charge on any atom is -0.497 e. The molecule has 0 saturated heterocycles. The molecule has 0 fully saturated rings. The standard InChI is InChI=1S/C26H25FN2O5/c1-3-32-25(30)12-18-4-5-21(31-2)13-23(18)33-15-16-8-19-11-24(27)34-26(19)22(9-16)17-6-7-29-20(10-17)14-28/h4-11,13H,3,12,14-15,28H2,1-2H3. The van der Waals surface area contributed by atoms with E-state index in [2.05, 4.69) is 4.98 Å². The van der Waals surface area contributed by atoms with Crippen molar-refractivity contribution in [3.05, 3.63) is 77.6 Å². The zero-order chi connectivity index (χ0) is 24.1. The number of pyridine rings is 1. The number of ether oxygens (including phenoxy) is 3. The van der Waals surface area contributed by atoms with Gasteiger partial charge in [-0.2, -0.15) is 4.39 Å². The molecule has 2 aromatic heterocycles. The molecule has 34 heavy (non-hydrogen) atoms. The Hall–Kier alpha value is -3.91. The van der Waals surface area contributed by atoms with Crippen LogP contribution in [-0.2, 0) is 29.1 Å². The molecular formula is C26H25FN2O5. The van der Waals surface area contributed by atoms with E-state index in [9.17, 15) is 9.18 Å². The number of hydrogen-bond donors (Lipinski definition) is 1. The second-order valence-corrected chi connectivity index (χ2v) is 7.60. The van der Waals surface area contributed by atoms with Crippen molar-refractivity contribution in [3.63, 3.8) is 0 Å². The van der Waals surface area contributed by atoms with Gasteiger partial charge in [0.25, 0.3) is 6.01 Å². The van der Waals surface area contributed by atoms with Crippen LogP contribution >= 0.6 is 0 Å². The third kappa shape index (κ3) is 5.18. The number of methoxy groups -OCH3 is 1. The van der Waals surface area contributed by atoms with Crippen LogP contribution in [0.15, 0.2) is 59.1 Å². The topological polar surface area (TPSA) is 96.8 Å². The number of esters is 1. The first kappa shape index (κ1) is 23.3. The number of rotatable bonds is 9. The lowest BCUT2D eigenvalue weighted by Crippen LogP contribution is -2.09. The second kappa shape index (κ2) is 10.4. The summed E-state index contributed by atoms with van der Waals surface area (Å²) in [5.74, 6) is 0.756. The summed E-state index contributed by atoms with van der Waals surface area (Å²) in [6.07, 6.45) is 1.73. The summed E-state index contributed by atoms with van der Waals surface area (Å²) in [4.78, 5) is 16.3. The van der Waals surface area contributed by atoms with E-state index in [-0.39, 0.29) is 25.5 Å². The van der Waals surface area contributed by atoms with Gasteiger partial charge in [-0.1, -0.05) is 6.07 Å². The van der Waals surface area contributed by atoms with Gasteiger partial charge in [-0.15, -0.1) is 0 Å². The normalized spacial score (nSPS) is 10.9. The van der Waals surface area contributed by atoms with Gasteiger partial charge in [-0.3, -0.25) is 9.78 Å². The van der Waals surface area contributed by atoms with E-state index in [4.69, 9.17) is 24.4 Å². The first-order valence-corrected chi connectivity index (χ1v) is 10.8. The molecule has 4 aromatic rings. The smallest absolute Gasteiger partial charge is 0.310 e. The van der Waals surface area contributed by atoms with E-state index in [1.54, 1.807) is 38.4 Å². The van der Waals surface area contributed by atoms with Gasteiger partial charge in [0.1, 0.15) is 23.7 Å². The van der Waals surface area contributed by atoms with Crippen molar-refractivity contribution < 1.29 is 27.8 Å². The molecule has 0 aliphatic rings. The molecule has 4 rings (SSSR count). The van der Waals surface area contributed by atoms with E-state index in [1.807, 2.05) is 24.3 Å². The molecule has 7 nitrogen and oxygen atoms in total. The Morgan fingerprint density at radius 3 is 2.76 bits per heavy atom. The van der Waals surface area contributed by atoms with Crippen molar-refractivity contribution >= 4 is 16.9 Å². The molecule has 0 saturated carbocycles. The molecule has 2 N–H and O–H groups in total. The van der Waals surface area contributed by atoms with Gasteiger partial charge in [0.15, 0.2) is 0 Å². The van der Waals surface area contributed by atoms with Crippen LogP contribution in [0.25, 0.3) is 22.1 Å². The number of fused-ring (bicyclic) bond motifs is 1. The maximum absolute atomic E-state index is 14.0. The van der Waals surface area contributed by atoms with Gasteiger partial charge in [0, 0.05) is 41.4 Å². The average molecular weight is 464 g/mol. The summed E-state index contributed by atoms with van der Waals surface area (Å²) in [6, 6.07) is 13.3. The molecule has 0 unspecified atom stereocenters. The Kier molecular flexibility index (Phi) is 7.08. The van der Waals surface area contributed by atoms with Crippen molar-refractivity contribution in [2.24, 2.45) is 5.73 Å². The molecule has 0 atom stereocenters. The van der Waals surface area contributed by atoms with Crippen LogP contribution in [0, 0.1) is 6.01 Å². The van der Waals surface area contributed by atoms with E-state index in [0.29, 0.717) is 45.9 Å². The maximum Gasteiger partial charge on any atom is 0.310 e. The summed E-state index contributed by atoms with van der Waals surface area (Å²) in [5, 5.41) is 0.608. The summed E-state index contributed by atoms with van der Waals surface area (Å²) in [5.41, 5.74) is 9.85. The molecule has 0 aliphatic carbocycles. The van der Waals surface area contributed by atoms with Crippen molar-refractivity contribution in [3.8, 4) is 22.6 Å². The third-order valence-electron chi connectivity index (χ3n) is 5.29. The van der Waals surface area contributed by atoms with Crippen LogP contribution in [0.4, 0.5) is 4.39 Å². The number of halogens is 1. The highest BCUT2D eigenvalue weighted by atomic mass is 19.1. The fourth-order valence-corrected chi connectivity index (χ4v) is 3.71. The summed E-state index contributed by atoms with van der Waals surface area (Å²) in [7, 11) is 1.56. The average Bonchev–Trinajstić information content (AvgIpc) is 3.23. The van der Waals surface area contributed by atoms with Crippen LogP contribution in [0.3, 0.4) is 0 Å². The molecule has 0 bridgehead atoms. The highest BCUT2D eigenvalue weighted by Crippen LogP contribution is 2.33. The van der Waals surface area contributed by atoms with E-state index >= 15 is 0 Å². The highest BCUT2D eigenvalue weighted by molar-refractivity contribution is 5.93. The molecular weight excluding hydrogens is 439 g/mol. The van der Waals surface area contributed by atoms with Gasteiger partial charge < -0.3 is 24.4 Å². The molecule has 0 radical (unpaired) electrons. The molecule has 0 aliphatic heterocycles. The minimum absolute atomic E-state index is 0.0727. The number of aromatic nitrogens is 1. The number of hydrogen-bond acceptors (Lipinski definition) is 7. The fraction of sp³-hybridized carbons (Fsp3) is 0.231. The highest BCUT2D eigenvalue weighted by Gasteiger charge is 2.15. The lowest BCUT2D eigenvalue weighted by atomic mass is 10.0. The summed E-state index contributed by atoms with van der Waals surface area (Å²) >= 11 is 0. The van der Waals surface area contributed by atoms with Gasteiger partial charge in [-0.05, 0) is 48.4 Å². The zero-order valence-electron chi connectivity index (χ0n) is 19.0. The van der Waals surface area contributed by atoms with Crippen molar-refractivity contribution in [1.82, 2.24) is 4.98 Å². The molecule has 176 valence electrons. The largest absolute Gasteiger partial charge is 0.497 e. The Morgan fingerprint density at radius 1 is 1.15 bits per heavy atom. The van der Waals surface area contributed by atoms with E-state index in [1.165, 1.54) is 6.07 Å². The minimum atomic E-state index is -0.674. The monoisotopic (exact) mass is 464 g/mol. The number of benzene rings is 2. The van der Waals surface area contributed by atoms with Gasteiger partial charge in [0.2, 0.25) is 0 Å². The fourth-order valence-electron chi connectivity index (χ4n) is 3.71. The van der Waals surface area contributed by atoms with Gasteiger partial charge >= 0.3 is 5.97 Å². The van der Waals surface area contributed by atoms with Crippen molar-refractivity contribution in [2.75, 3.05) is 13.7 Å². The molecule has 2 heterocycles. The first-order valence-electron chi connectivity index (χ1n) is 10.8. The van der Waals surface area contributed by atoms with Crippen LogP contribution in [0.5, 0.6) is 11.5 Å². The molecule has 0 amide bonds. The van der Waals surface area contributed by atoms with E-state index in [0.717, 1.165) is 11.1 Å². The Bertz CT molecular complexity index is 1320. The maximum atomic E-state index is 14.0. The van der Waals surface area contributed by atoms with Gasteiger partial charge in [0.05, 0.1) is 25.8 Å². The summed E-state index contributed by atoms with van der Waals surface area (Å²) < 4.78 is 35.8. The number of nitrogens with zero attached hydrogens (tertiary/aromatic N) is 1. The quantitative estimate of drug-likeness (QED) is 0.356. The van der Waals surface area contributed by atoms with Crippen LogP contribution < -0.4 is 15.2 Å². The number of furan rings is 1. The molecule has 8 heteroatoms. The second-order valence-electron chi connectivity index (χ2n) is 7.60. The van der Waals surface area contributed by atoms with Crippen molar-refractivity contribution in [2.45, 2.75) is 26.5 Å². The SMILES string of the molecule is CCOC(=O)Cc1ccc(OC)cc1OCc1cc(-c2ccnc(CN)c2)c2oc(F)cc2c1.